The molecule has 0 bridgehead atoms. The van der Waals surface area contributed by atoms with E-state index >= 15 is 0 Å². The van der Waals surface area contributed by atoms with E-state index in [-0.39, 0.29) is 17.6 Å². The molecule has 0 saturated heterocycles. The van der Waals surface area contributed by atoms with Crippen molar-refractivity contribution in [1.29, 1.82) is 0 Å². The van der Waals surface area contributed by atoms with Crippen LogP contribution in [0.1, 0.15) is 17.4 Å². The maximum absolute atomic E-state index is 11.8. The molecule has 0 spiro atoms. The summed E-state index contributed by atoms with van der Waals surface area (Å²) in [5.74, 6) is -0.264. The molecule has 1 unspecified atom stereocenters. The zero-order valence-electron chi connectivity index (χ0n) is 9.42. The van der Waals surface area contributed by atoms with Gasteiger partial charge in [-0.15, -0.1) is 0 Å². The van der Waals surface area contributed by atoms with Crippen LogP contribution in [0.2, 0.25) is 0 Å². The lowest BCUT2D eigenvalue weighted by atomic mass is 10.3. The Morgan fingerprint density at radius 2 is 2.53 bits per heavy atom. The number of aromatic nitrogens is 4. The number of anilines is 1. The number of H-pyrrole nitrogens is 1. The maximum atomic E-state index is 11.8. The molecular formula is C10H14N6O. The summed E-state index contributed by atoms with van der Waals surface area (Å²) in [6, 6.07) is 1.78. The second-order valence-electron chi connectivity index (χ2n) is 3.80. The second-order valence-corrected chi connectivity index (χ2v) is 3.80. The van der Waals surface area contributed by atoms with Crippen molar-refractivity contribution in [2.75, 3.05) is 5.73 Å². The number of amides is 1. The number of nitrogen functional groups attached to an aromatic ring is 1. The highest BCUT2D eigenvalue weighted by atomic mass is 16.2. The largest absolute Gasteiger partial charge is 0.396 e. The van der Waals surface area contributed by atoms with Crippen molar-refractivity contribution in [3.8, 4) is 0 Å². The zero-order chi connectivity index (χ0) is 12.3. The van der Waals surface area contributed by atoms with Crippen molar-refractivity contribution in [3.05, 3.63) is 30.4 Å². The number of aromatic amines is 1. The lowest BCUT2D eigenvalue weighted by molar-refractivity contribution is 0.0932. The molecule has 90 valence electrons. The van der Waals surface area contributed by atoms with Gasteiger partial charge in [-0.3, -0.25) is 14.6 Å². The van der Waals surface area contributed by atoms with Crippen LogP contribution in [0.4, 0.5) is 5.69 Å². The van der Waals surface area contributed by atoms with Gasteiger partial charge in [0.2, 0.25) is 0 Å². The Morgan fingerprint density at radius 1 is 1.71 bits per heavy atom. The van der Waals surface area contributed by atoms with Crippen LogP contribution >= 0.6 is 0 Å². The molecule has 1 amide bonds. The van der Waals surface area contributed by atoms with Gasteiger partial charge in [0.05, 0.1) is 18.4 Å². The van der Waals surface area contributed by atoms with Crippen LogP contribution in [0, 0.1) is 0 Å². The molecule has 0 aromatic carbocycles. The minimum absolute atomic E-state index is 0.0508. The van der Waals surface area contributed by atoms with Crippen molar-refractivity contribution >= 4 is 11.6 Å². The molecule has 0 saturated carbocycles. The molecule has 2 aromatic rings. The topological polar surface area (TPSA) is 102 Å². The summed E-state index contributed by atoms with van der Waals surface area (Å²) in [5.41, 5.74) is 6.21. The first kappa shape index (κ1) is 11.2. The first-order valence-corrected chi connectivity index (χ1v) is 5.24. The van der Waals surface area contributed by atoms with Crippen molar-refractivity contribution in [2.45, 2.75) is 19.5 Å². The van der Waals surface area contributed by atoms with Crippen LogP contribution in [0.15, 0.2) is 24.7 Å². The Balaban J connectivity index is 1.93. The fourth-order valence-corrected chi connectivity index (χ4v) is 1.51. The highest BCUT2D eigenvalue weighted by Gasteiger charge is 2.14. The number of carbonyl (C=O) groups excluding carboxylic acids is 1. The number of hydrogen-bond acceptors (Lipinski definition) is 4. The number of rotatable bonds is 4. The summed E-state index contributed by atoms with van der Waals surface area (Å²) in [5, 5.41) is 13.1. The van der Waals surface area contributed by atoms with Crippen molar-refractivity contribution in [3.63, 3.8) is 0 Å². The number of nitrogens with two attached hydrogens (primary N) is 1. The standard InChI is InChI=1S/C10H14N6O/c1-7(6-16-4-2-3-13-16)14-10(17)9-8(11)5-12-15-9/h2-5,7H,6,11H2,1H3,(H,12,15)(H,14,17). The lowest BCUT2D eigenvalue weighted by Gasteiger charge is -2.13. The summed E-state index contributed by atoms with van der Waals surface area (Å²) in [6.45, 7) is 2.50. The van der Waals surface area contributed by atoms with Gasteiger partial charge in [-0.05, 0) is 13.0 Å². The molecule has 0 fully saturated rings. The molecule has 2 heterocycles. The molecule has 1 atom stereocenters. The number of nitrogens with one attached hydrogen (secondary N) is 2. The van der Waals surface area contributed by atoms with E-state index in [9.17, 15) is 4.79 Å². The average molecular weight is 234 g/mol. The first-order valence-electron chi connectivity index (χ1n) is 5.24. The average Bonchev–Trinajstić information content (AvgIpc) is 2.88. The summed E-state index contributed by atoms with van der Waals surface area (Å²) >= 11 is 0. The van der Waals surface area contributed by atoms with Crippen molar-refractivity contribution in [1.82, 2.24) is 25.3 Å². The predicted molar refractivity (Wildman–Crippen MR) is 62.2 cm³/mol. The minimum atomic E-state index is -0.264. The van der Waals surface area contributed by atoms with Gasteiger partial charge in [-0.1, -0.05) is 0 Å². The third kappa shape index (κ3) is 2.63. The molecule has 0 aliphatic carbocycles. The lowest BCUT2D eigenvalue weighted by Crippen LogP contribution is -2.36. The van der Waals surface area contributed by atoms with Gasteiger partial charge in [0.15, 0.2) is 0 Å². The van der Waals surface area contributed by atoms with Crippen LogP contribution in [0.25, 0.3) is 0 Å². The van der Waals surface area contributed by atoms with E-state index < -0.39 is 0 Å². The summed E-state index contributed by atoms with van der Waals surface area (Å²) in [6.07, 6.45) is 4.95. The Labute approximate surface area is 98.0 Å². The van der Waals surface area contributed by atoms with E-state index in [1.807, 2.05) is 19.2 Å². The Hall–Kier alpha value is -2.31. The van der Waals surface area contributed by atoms with Crippen LogP contribution < -0.4 is 11.1 Å². The van der Waals surface area contributed by atoms with Gasteiger partial charge in [-0.2, -0.15) is 10.2 Å². The van der Waals surface area contributed by atoms with Gasteiger partial charge in [0, 0.05) is 18.4 Å². The van der Waals surface area contributed by atoms with Crippen LogP contribution in [-0.4, -0.2) is 31.9 Å². The quantitative estimate of drug-likeness (QED) is 0.693. The van der Waals surface area contributed by atoms with Crippen LogP contribution in [0.3, 0.4) is 0 Å². The van der Waals surface area contributed by atoms with Gasteiger partial charge in [-0.25, -0.2) is 0 Å². The monoisotopic (exact) mass is 234 g/mol. The minimum Gasteiger partial charge on any atom is -0.396 e. The van der Waals surface area contributed by atoms with E-state index in [1.54, 1.807) is 10.9 Å². The first-order chi connectivity index (χ1) is 8.16. The van der Waals surface area contributed by atoms with Gasteiger partial charge >= 0.3 is 0 Å². The smallest absolute Gasteiger partial charge is 0.271 e. The molecule has 0 aliphatic rings. The maximum Gasteiger partial charge on any atom is 0.271 e. The van der Waals surface area contributed by atoms with Crippen LogP contribution in [-0.2, 0) is 6.54 Å². The van der Waals surface area contributed by atoms with E-state index in [0.717, 1.165) is 0 Å². The van der Waals surface area contributed by atoms with Gasteiger partial charge in [0.25, 0.3) is 5.91 Å². The highest BCUT2D eigenvalue weighted by molar-refractivity contribution is 5.97. The summed E-state index contributed by atoms with van der Waals surface area (Å²) in [4.78, 5) is 11.8. The van der Waals surface area contributed by atoms with Crippen molar-refractivity contribution in [2.24, 2.45) is 0 Å². The fourth-order valence-electron chi connectivity index (χ4n) is 1.51. The molecular weight excluding hydrogens is 220 g/mol. The van der Waals surface area contributed by atoms with E-state index in [4.69, 9.17) is 5.73 Å². The van der Waals surface area contributed by atoms with E-state index in [2.05, 4.69) is 20.6 Å². The highest BCUT2D eigenvalue weighted by Crippen LogP contribution is 2.05. The third-order valence-corrected chi connectivity index (χ3v) is 2.29. The molecule has 0 radical (unpaired) electrons. The zero-order valence-corrected chi connectivity index (χ0v) is 9.42. The number of nitrogens with zero attached hydrogens (tertiary/aromatic N) is 3. The van der Waals surface area contributed by atoms with E-state index in [0.29, 0.717) is 12.2 Å². The SMILES string of the molecule is CC(Cn1cccn1)NC(=O)c1[nH]ncc1N. The van der Waals surface area contributed by atoms with E-state index in [1.165, 1.54) is 6.20 Å². The van der Waals surface area contributed by atoms with Crippen LogP contribution in [0.5, 0.6) is 0 Å². The summed E-state index contributed by atoms with van der Waals surface area (Å²) < 4.78 is 1.75. The van der Waals surface area contributed by atoms with Gasteiger partial charge < -0.3 is 11.1 Å². The predicted octanol–water partition coefficient (Wildman–Crippen LogP) is 0.00690. The number of hydrogen-bond donors (Lipinski definition) is 3. The fraction of sp³-hybridized carbons (Fsp3) is 0.300. The van der Waals surface area contributed by atoms with Crippen molar-refractivity contribution < 1.29 is 4.79 Å². The normalized spacial score (nSPS) is 12.3. The Morgan fingerprint density at radius 3 is 3.12 bits per heavy atom. The molecule has 4 N–H and O–H groups in total. The number of carbonyl (C=O) groups is 1. The molecule has 2 rings (SSSR count). The Bertz CT molecular complexity index is 489. The Kier molecular flexibility index (Phi) is 3.08. The van der Waals surface area contributed by atoms with Gasteiger partial charge in [0.1, 0.15) is 5.69 Å². The molecule has 2 aromatic heterocycles. The molecule has 0 aliphatic heterocycles. The molecule has 7 heteroatoms. The summed E-state index contributed by atoms with van der Waals surface area (Å²) in [7, 11) is 0. The molecule has 7 nitrogen and oxygen atoms in total. The second kappa shape index (κ2) is 4.69. The molecule has 17 heavy (non-hydrogen) atoms. The third-order valence-electron chi connectivity index (χ3n) is 2.29.